The fourth-order valence-electron chi connectivity index (χ4n) is 0.731. The Bertz CT molecular complexity index is 331. The van der Waals surface area contributed by atoms with E-state index in [0.29, 0.717) is 5.76 Å². The maximum Gasteiger partial charge on any atom is 0.273 e. The third kappa shape index (κ3) is 2.58. The zero-order chi connectivity index (χ0) is 9.84. The molecule has 0 fully saturated rings. The highest BCUT2D eigenvalue weighted by Crippen LogP contribution is 2.00. The number of nitrogens with two attached hydrogens (primary N) is 1. The van der Waals surface area contributed by atoms with Gasteiger partial charge in [-0.05, 0) is 6.92 Å². The number of amides is 2. The molecule has 70 valence electrons. The summed E-state index contributed by atoms with van der Waals surface area (Å²) >= 11 is 0. The number of rotatable bonds is 3. The molecular formula is C7H9N3O3. The van der Waals surface area contributed by atoms with Crippen molar-refractivity contribution >= 4 is 11.8 Å². The molecule has 0 aliphatic heterocycles. The topological polar surface area (TPSA) is 98.2 Å². The lowest BCUT2D eigenvalue weighted by atomic mass is 10.3. The molecule has 0 radical (unpaired) electrons. The molecule has 0 saturated carbocycles. The van der Waals surface area contributed by atoms with Crippen LogP contribution < -0.4 is 11.1 Å². The zero-order valence-electron chi connectivity index (χ0n) is 7.03. The van der Waals surface area contributed by atoms with Crippen LogP contribution in [0.2, 0.25) is 0 Å². The number of carbonyl (C=O) groups is 2. The van der Waals surface area contributed by atoms with Gasteiger partial charge in [-0.3, -0.25) is 9.59 Å². The fourth-order valence-corrected chi connectivity index (χ4v) is 0.731. The molecule has 0 atom stereocenters. The first kappa shape index (κ1) is 9.24. The smallest absolute Gasteiger partial charge is 0.273 e. The van der Waals surface area contributed by atoms with Gasteiger partial charge in [-0.15, -0.1) is 0 Å². The Labute approximate surface area is 74.1 Å². The van der Waals surface area contributed by atoms with Gasteiger partial charge >= 0.3 is 0 Å². The Morgan fingerprint density at radius 1 is 1.69 bits per heavy atom. The van der Waals surface area contributed by atoms with E-state index in [-0.39, 0.29) is 12.2 Å². The van der Waals surface area contributed by atoms with E-state index in [1.807, 2.05) is 0 Å². The van der Waals surface area contributed by atoms with Crippen LogP contribution in [-0.2, 0) is 4.79 Å². The molecule has 2 amide bonds. The molecule has 1 aromatic rings. The average Bonchev–Trinajstić information content (AvgIpc) is 2.47. The van der Waals surface area contributed by atoms with E-state index in [9.17, 15) is 9.59 Å². The lowest BCUT2D eigenvalue weighted by molar-refractivity contribution is -0.117. The largest absolute Gasteiger partial charge is 0.368 e. The summed E-state index contributed by atoms with van der Waals surface area (Å²) in [4.78, 5) is 21.4. The normalized spacial score (nSPS) is 9.62. The average molecular weight is 183 g/mol. The fraction of sp³-hybridized carbons (Fsp3) is 0.286. The van der Waals surface area contributed by atoms with Gasteiger partial charge in [0.25, 0.3) is 5.91 Å². The first-order valence-electron chi connectivity index (χ1n) is 3.59. The van der Waals surface area contributed by atoms with E-state index in [1.54, 1.807) is 6.92 Å². The predicted octanol–water partition coefficient (Wildman–Crippen LogP) is -0.802. The molecule has 1 heterocycles. The van der Waals surface area contributed by atoms with Crippen LogP contribution in [-0.4, -0.2) is 23.5 Å². The van der Waals surface area contributed by atoms with Crippen LogP contribution in [0.3, 0.4) is 0 Å². The van der Waals surface area contributed by atoms with Crippen LogP contribution >= 0.6 is 0 Å². The van der Waals surface area contributed by atoms with Gasteiger partial charge in [-0.2, -0.15) is 0 Å². The summed E-state index contributed by atoms with van der Waals surface area (Å²) in [5.41, 5.74) is 4.96. The van der Waals surface area contributed by atoms with Gasteiger partial charge in [0.15, 0.2) is 5.69 Å². The lowest BCUT2D eigenvalue weighted by Gasteiger charge is -1.96. The maximum absolute atomic E-state index is 11.1. The van der Waals surface area contributed by atoms with Gasteiger partial charge in [0.1, 0.15) is 5.76 Å². The Balaban J connectivity index is 2.54. The molecule has 0 unspecified atom stereocenters. The molecule has 1 aromatic heterocycles. The molecule has 1 rings (SSSR count). The maximum atomic E-state index is 11.1. The molecule has 6 nitrogen and oxygen atoms in total. The van der Waals surface area contributed by atoms with Crippen LogP contribution in [0.1, 0.15) is 16.2 Å². The van der Waals surface area contributed by atoms with E-state index in [1.165, 1.54) is 6.07 Å². The monoisotopic (exact) mass is 183 g/mol. The number of aromatic nitrogens is 1. The number of primary amides is 1. The molecule has 0 saturated heterocycles. The van der Waals surface area contributed by atoms with E-state index in [0.717, 1.165) is 0 Å². The van der Waals surface area contributed by atoms with Gasteiger partial charge < -0.3 is 15.6 Å². The molecule has 0 bridgehead atoms. The van der Waals surface area contributed by atoms with E-state index < -0.39 is 11.8 Å². The van der Waals surface area contributed by atoms with Crippen LogP contribution in [0.15, 0.2) is 10.6 Å². The van der Waals surface area contributed by atoms with Crippen LogP contribution in [0.5, 0.6) is 0 Å². The molecule has 3 N–H and O–H groups in total. The van der Waals surface area contributed by atoms with Gasteiger partial charge in [0.2, 0.25) is 5.91 Å². The predicted molar refractivity (Wildman–Crippen MR) is 42.8 cm³/mol. The van der Waals surface area contributed by atoms with Crippen molar-refractivity contribution in [3.8, 4) is 0 Å². The van der Waals surface area contributed by atoms with Crippen molar-refractivity contribution in [2.45, 2.75) is 6.92 Å². The van der Waals surface area contributed by atoms with Crippen molar-refractivity contribution in [2.24, 2.45) is 5.73 Å². The Hall–Kier alpha value is -1.85. The minimum atomic E-state index is -0.603. The SMILES string of the molecule is Cc1cc(C(=O)NCC(N)=O)no1. The second-order valence-electron chi connectivity index (χ2n) is 2.47. The quantitative estimate of drug-likeness (QED) is 0.640. The standard InChI is InChI=1S/C7H9N3O3/c1-4-2-5(10-13-4)7(12)9-3-6(8)11/h2H,3H2,1H3,(H2,8,11)(H,9,12). The van der Waals surface area contributed by atoms with Crippen molar-refractivity contribution in [2.75, 3.05) is 6.54 Å². The first-order chi connectivity index (χ1) is 6.09. The summed E-state index contributed by atoms with van der Waals surface area (Å²) in [7, 11) is 0. The highest BCUT2D eigenvalue weighted by Gasteiger charge is 2.10. The molecule has 13 heavy (non-hydrogen) atoms. The van der Waals surface area contributed by atoms with Crippen LogP contribution in [0.25, 0.3) is 0 Å². The van der Waals surface area contributed by atoms with Crippen LogP contribution in [0.4, 0.5) is 0 Å². The number of carbonyl (C=O) groups excluding carboxylic acids is 2. The van der Waals surface area contributed by atoms with Gasteiger partial charge in [0.05, 0.1) is 6.54 Å². The summed E-state index contributed by atoms with van der Waals surface area (Å²) in [5, 5.41) is 5.73. The highest BCUT2D eigenvalue weighted by atomic mass is 16.5. The summed E-state index contributed by atoms with van der Waals surface area (Å²) in [5.74, 6) is -0.548. The second-order valence-corrected chi connectivity index (χ2v) is 2.47. The zero-order valence-corrected chi connectivity index (χ0v) is 7.03. The Kier molecular flexibility index (Phi) is 2.63. The molecule has 0 aliphatic carbocycles. The third-order valence-corrected chi connectivity index (χ3v) is 1.28. The summed E-state index contributed by atoms with van der Waals surface area (Å²) in [6.45, 7) is 1.46. The first-order valence-corrected chi connectivity index (χ1v) is 3.59. The van der Waals surface area contributed by atoms with Crippen molar-refractivity contribution < 1.29 is 14.1 Å². The molecule has 0 aromatic carbocycles. The number of nitrogens with zero attached hydrogens (tertiary/aromatic N) is 1. The molecule has 0 aliphatic rings. The molecule has 6 heteroatoms. The number of aryl methyl sites for hydroxylation is 1. The van der Waals surface area contributed by atoms with Gasteiger partial charge in [0, 0.05) is 6.07 Å². The number of nitrogens with one attached hydrogen (secondary N) is 1. The number of hydrogen-bond donors (Lipinski definition) is 2. The minimum Gasteiger partial charge on any atom is -0.368 e. The van der Waals surface area contributed by atoms with Crippen molar-refractivity contribution in [3.05, 3.63) is 17.5 Å². The number of hydrogen-bond acceptors (Lipinski definition) is 4. The van der Waals surface area contributed by atoms with Crippen molar-refractivity contribution in [3.63, 3.8) is 0 Å². The third-order valence-electron chi connectivity index (χ3n) is 1.28. The molecule has 0 spiro atoms. The van der Waals surface area contributed by atoms with E-state index in [4.69, 9.17) is 5.73 Å². The molecular weight excluding hydrogens is 174 g/mol. The summed E-state index contributed by atoms with van der Waals surface area (Å²) in [6.07, 6.45) is 0. The summed E-state index contributed by atoms with van der Waals surface area (Å²) < 4.78 is 4.67. The van der Waals surface area contributed by atoms with Gasteiger partial charge in [-0.1, -0.05) is 5.16 Å². The van der Waals surface area contributed by atoms with E-state index in [2.05, 4.69) is 15.0 Å². The van der Waals surface area contributed by atoms with Crippen molar-refractivity contribution in [1.29, 1.82) is 0 Å². The highest BCUT2D eigenvalue weighted by molar-refractivity contribution is 5.94. The summed E-state index contributed by atoms with van der Waals surface area (Å²) in [6, 6.07) is 1.47. The van der Waals surface area contributed by atoms with E-state index >= 15 is 0 Å². The Morgan fingerprint density at radius 3 is 2.85 bits per heavy atom. The minimum absolute atomic E-state index is 0.138. The second kappa shape index (κ2) is 3.70. The lowest BCUT2D eigenvalue weighted by Crippen LogP contribution is -2.33. The van der Waals surface area contributed by atoms with Crippen LogP contribution in [0, 0.1) is 6.92 Å². The Morgan fingerprint density at radius 2 is 2.38 bits per heavy atom. The van der Waals surface area contributed by atoms with Crippen molar-refractivity contribution in [1.82, 2.24) is 10.5 Å². The van der Waals surface area contributed by atoms with Gasteiger partial charge in [-0.25, -0.2) is 0 Å².